The monoisotopic (exact) mass is 410 g/mol. The van der Waals surface area contributed by atoms with Gasteiger partial charge >= 0.3 is 5.97 Å². The second-order valence-corrected chi connectivity index (χ2v) is 8.37. The van der Waals surface area contributed by atoms with E-state index in [2.05, 4.69) is 0 Å². The molecule has 4 rings (SSSR count). The van der Waals surface area contributed by atoms with Crippen LogP contribution in [0.2, 0.25) is 0 Å². The van der Waals surface area contributed by atoms with E-state index in [9.17, 15) is 9.59 Å². The van der Waals surface area contributed by atoms with Gasteiger partial charge in [-0.3, -0.25) is 14.2 Å². The standard InChI is InChI=1S/C21H18N2O3S2/c1-13-6-8-14(9-7-13)19-22-20-18(15(12-28-20)16-4-3-11-27-16)21(26)23(19)10-2-5-17(24)25/h3-4,6-9,11-12H,2,5,10H2,1H3,(H,24,25). The zero-order valence-electron chi connectivity index (χ0n) is 15.2. The molecule has 28 heavy (non-hydrogen) atoms. The summed E-state index contributed by atoms with van der Waals surface area (Å²) in [5.74, 6) is -0.281. The van der Waals surface area contributed by atoms with Crippen LogP contribution < -0.4 is 5.56 Å². The Morgan fingerprint density at radius 2 is 1.96 bits per heavy atom. The molecule has 0 bridgehead atoms. The summed E-state index contributed by atoms with van der Waals surface area (Å²) >= 11 is 3.05. The maximum absolute atomic E-state index is 13.4. The Balaban J connectivity index is 1.91. The molecule has 1 N–H and O–H groups in total. The number of aliphatic carboxylic acids is 1. The quantitative estimate of drug-likeness (QED) is 0.484. The summed E-state index contributed by atoms with van der Waals surface area (Å²) in [4.78, 5) is 30.9. The van der Waals surface area contributed by atoms with Crippen molar-refractivity contribution in [2.24, 2.45) is 0 Å². The van der Waals surface area contributed by atoms with E-state index in [1.165, 1.54) is 11.3 Å². The molecule has 7 heteroatoms. The van der Waals surface area contributed by atoms with Gasteiger partial charge in [0.25, 0.3) is 5.56 Å². The molecular weight excluding hydrogens is 392 g/mol. The van der Waals surface area contributed by atoms with Crippen molar-refractivity contribution in [2.75, 3.05) is 0 Å². The van der Waals surface area contributed by atoms with Gasteiger partial charge in [-0.05, 0) is 24.8 Å². The van der Waals surface area contributed by atoms with E-state index >= 15 is 0 Å². The topological polar surface area (TPSA) is 72.2 Å². The molecule has 5 nitrogen and oxygen atoms in total. The molecule has 0 fully saturated rings. The fourth-order valence-electron chi connectivity index (χ4n) is 3.16. The van der Waals surface area contributed by atoms with Crippen LogP contribution in [-0.2, 0) is 11.3 Å². The van der Waals surface area contributed by atoms with E-state index in [1.807, 2.05) is 54.1 Å². The molecule has 0 aliphatic carbocycles. The summed E-state index contributed by atoms with van der Waals surface area (Å²) in [6.45, 7) is 2.32. The highest BCUT2D eigenvalue weighted by Gasteiger charge is 2.18. The van der Waals surface area contributed by atoms with Crippen molar-refractivity contribution in [3.05, 3.63) is 63.1 Å². The highest BCUT2D eigenvalue weighted by molar-refractivity contribution is 7.18. The average Bonchev–Trinajstić information content (AvgIpc) is 3.33. The maximum atomic E-state index is 13.4. The smallest absolute Gasteiger partial charge is 0.303 e. The summed E-state index contributed by atoms with van der Waals surface area (Å²) in [5, 5.41) is 13.6. The van der Waals surface area contributed by atoms with Crippen LogP contribution in [-0.4, -0.2) is 20.6 Å². The first-order chi connectivity index (χ1) is 13.5. The summed E-state index contributed by atoms with van der Waals surface area (Å²) in [6.07, 6.45) is 0.388. The number of carboxylic acids is 1. The van der Waals surface area contributed by atoms with Crippen LogP contribution in [0, 0.1) is 6.92 Å². The van der Waals surface area contributed by atoms with Gasteiger partial charge in [0.05, 0.1) is 5.39 Å². The van der Waals surface area contributed by atoms with Crippen molar-refractivity contribution in [1.82, 2.24) is 9.55 Å². The molecule has 0 saturated carbocycles. The first-order valence-corrected chi connectivity index (χ1v) is 10.7. The van der Waals surface area contributed by atoms with Crippen molar-refractivity contribution in [1.29, 1.82) is 0 Å². The molecule has 0 atom stereocenters. The number of benzene rings is 1. The first kappa shape index (κ1) is 18.6. The van der Waals surface area contributed by atoms with Crippen molar-refractivity contribution in [2.45, 2.75) is 26.3 Å². The lowest BCUT2D eigenvalue weighted by atomic mass is 10.1. The SMILES string of the molecule is Cc1ccc(-c2nc3scc(-c4cccs4)c3c(=O)n2CCCC(=O)O)cc1. The van der Waals surface area contributed by atoms with E-state index in [4.69, 9.17) is 10.1 Å². The minimum atomic E-state index is -0.867. The summed E-state index contributed by atoms with van der Waals surface area (Å²) in [6, 6.07) is 11.8. The van der Waals surface area contributed by atoms with Gasteiger partial charge in [-0.15, -0.1) is 22.7 Å². The molecule has 1 aromatic carbocycles. The van der Waals surface area contributed by atoms with E-state index in [1.54, 1.807) is 15.9 Å². The van der Waals surface area contributed by atoms with E-state index in [0.29, 0.717) is 29.0 Å². The molecule has 0 aliphatic rings. The van der Waals surface area contributed by atoms with Crippen LogP contribution in [0.3, 0.4) is 0 Å². The van der Waals surface area contributed by atoms with E-state index < -0.39 is 5.97 Å². The predicted octanol–water partition coefficient (Wildman–Crippen LogP) is 5.03. The average molecular weight is 411 g/mol. The largest absolute Gasteiger partial charge is 0.481 e. The Bertz CT molecular complexity index is 1190. The Labute approximate surface area is 169 Å². The second-order valence-electron chi connectivity index (χ2n) is 6.56. The Hall–Kier alpha value is -2.77. The van der Waals surface area contributed by atoms with Crippen LogP contribution >= 0.6 is 22.7 Å². The number of rotatable bonds is 6. The number of fused-ring (bicyclic) bond motifs is 1. The van der Waals surface area contributed by atoms with Gasteiger partial charge in [0.15, 0.2) is 0 Å². The number of carboxylic acid groups (broad SMARTS) is 1. The highest BCUT2D eigenvalue weighted by Crippen LogP contribution is 2.34. The lowest BCUT2D eigenvalue weighted by Crippen LogP contribution is -2.23. The molecule has 0 unspecified atom stereocenters. The Kier molecular flexibility index (Phi) is 5.11. The number of aryl methyl sites for hydroxylation is 1. The van der Waals surface area contributed by atoms with Gasteiger partial charge in [-0.2, -0.15) is 0 Å². The number of nitrogens with zero attached hydrogens (tertiary/aromatic N) is 2. The zero-order chi connectivity index (χ0) is 19.7. The minimum Gasteiger partial charge on any atom is -0.481 e. The zero-order valence-corrected chi connectivity index (χ0v) is 16.8. The number of aromatic nitrogens is 2. The minimum absolute atomic E-state index is 0.0131. The van der Waals surface area contributed by atoms with Crippen molar-refractivity contribution < 1.29 is 9.90 Å². The van der Waals surface area contributed by atoms with Crippen LogP contribution in [0.25, 0.3) is 32.0 Å². The molecule has 3 heterocycles. The number of thiophene rings is 2. The van der Waals surface area contributed by atoms with Crippen molar-refractivity contribution >= 4 is 38.9 Å². The molecular formula is C21H18N2O3S2. The number of carbonyl (C=O) groups is 1. The van der Waals surface area contributed by atoms with E-state index in [-0.39, 0.29) is 12.0 Å². The number of hydrogen-bond acceptors (Lipinski definition) is 5. The second kappa shape index (κ2) is 7.69. The predicted molar refractivity (Wildman–Crippen MR) is 114 cm³/mol. The lowest BCUT2D eigenvalue weighted by molar-refractivity contribution is -0.137. The molecule has 0 saturated heterocycles. The third kappa shape index (κ3) is 3.50. The summed E-state index contributed by atoms with van der Waals surface area (Å²) in [5.41, 5.74) is 2.76. The van der Waals surface area contributed by atoms with Crippen molar-refractivity contribution in [3.63, 3.8) is 0 Å². The van der Waals surface area contributed by atoms with Gasteiger partial charge in [-0.1, -0.05) is 35.9 Å². The number of hydrogen-bond donors (Lipinski definition) is 1. The summed E-state index contributed by atoms with van der Waals surface area (Å²) < 4.78 is 1.62. The van der Waals surface area contributed by atoms with Gasteiger partial charge in [0, 0.05) is 34.3 Å². The molecule has 142 valence electrons. The Morgan fingerprint density at radius 3 is 2.64 bits per heavy atom. The molecule has 4 aromatic rings. The fraction of sp³-hybridized carbons (Fsp3) is 0.190. The molecule has 0 aliphatic heterocycles. The van der Waals surface area contributed by atoms with E-state index in [0.717, 1.165) is 21.6 Å². The van der Waals surface area contributed by atoms with Crippen LogP contribution in [0.4, 0.5) is 0 Å². The van der Waals surface area contributed by atoms with Crippen LogP contribution in [0.1, 0.15) is 18.4 Å². The van der Waals surface area contributed by atoms with Crippen LogP contribution in [0.5, 0.6) is 0 Å². The van der Waals surface area contributed by atoms with Gasteiger partial charge < -0.3 is 5.11 Å². The molecule has 0 radical (unpaired) electrons. The fourth-order valence-corrected chi connectivity index (χ4v) is 4.91. The first-order valence-electron chi connectivity index (χ1n) is 8.89. The van der Waals surface area contributed by atoms with Crippen LogP contribution in [0.15, 0.2) is 52.0 Å². The lowest BCUT2D eigenvalue weighted by Gasteiger charge is -2.13. The highest BCUT2D eigenvalue weighted by atomic mass is 32.1. The summed E-state index contributed by atoms with van der Waals surface area (Å²) in [7, 11) is 0. The molecule has 0 amide bonds. The maximum Gasteiger partial charge on any atom is 0.303 e. The normalized spacial score (nSPS) is 11.2. The molecule has 3 aromatic heterocycles. The third-order valence-corrected chi connectivity index (χ3v) is 6.34. The van der Waals surface area contributed by atoms with Crippen molar-refractivity contribution in [3.8, 4) is 21.8 Å². The Morgan fingerprint density at radius 1 is 1.18 bits per heavy atom. The van der Waals surface area contributed by atoms with Gasteiger partial charge in [-0.25, -0.2) is 4.98 Å². The van der Waals surface area contributed by atoms with Gasteiger partial charge in [0.1, 0.15) is 10.7 Å². The third-order valence-electron chi connectivity index (χ3n) is 4.56. The molecule has 0 spiro atoms. The van der Waals surface area contributed by atoms with Gasteiger partial charge in [0.2, 0.25) is 0 Å².